The number of hydrogen-bond acceptors (Lipinski definition) is 3. The summed E-state index contributed by atoms with van der Waals surface area (Å²) < 4.78 is 18.2. The second kappa shape index (κ2) is 17.7. The van der Waals surface area contributed by atoms with E-state index in [0.29, 0.717) is 12.2 Å². The van der Waals surface area contributed by atoms with Gasteiger partial charge in [0.1, 0.15) is 11.9 Å². The average molecular weight is 436 g/mol. The number of carbonyl (C=O) groups is 2. The standard InChI is InChI=1S/C26H42FNO3/c1-3-4-5-6-7-8-9-10-11-12-13-14-15-16-21-31-26(30)22(2)28-25(29)23-17-19-24(27)20-18-23/h17-20,22H,3-16,21H2,1-2H3,(H,28,29). The van der Waals surface area contributed by atoms with Crippen LogP contribution in [0.2, 0.25) is 0 Å². The van der Waals surface area contributed by atoms with Crippen LogP contribution in [0.3, 0.4) is 0 Å². The van der Waals surface area contributed by atoms with Gasteiger partial charge in [0, 0.05) is 5.56 Å². The molecular formula is C26H42FNO3. The third-order valence-corrected chi connectivity index (χ3v) is 5.55. The maximum absolute atomic E-state index is 12.9. The second-order valence-corrected chi connectivity index (χ2v) is 8.47. The van der Waals surface area contributed by atoms with E-state index in [4.69, 9.17) is 4.74 Å². The lowest BCUT2D eigenvalue weighted by Crippen LogP contribution is -2.39. The van der Waals surface area contributed by atoms with Gasteiger partial charge in [0.15, 0.2) is 0 Å². The number of unbranched alkanes of at least 4 members (excludes halogenated alkanes) is 13. The first-order valence-electron chi connectivity index (χ1n) is 12.3. The van der Waals surface area contributed by atoms with Gasteiger partial charge in [0.05, 0.1) is 6.61 Å². The highest BCUT2D eigenvalue weighted by Crippen LogP contribution is 2.13. The van der Waals surface area contributed by atoms with Crippen LogP contribution in [0.25, 0.3) is 0 Å². The highest BCUT2D eigenvalue weighted by molar-refractivity contribution is 5.96. The number of benzene rings is 1. The quantitative estimate of drug-likeness (QED) is 0.200. The summed E-state index contributed by atoms with van der Waals surface area (Å²) in [5.74, 6) is -1.26. The topological polar surface area (TPSA) is 55.4 Å². The van der Waals surface area contributed by atoms with E-state index in [9.17, 15) is 14.0 Å². The molecule has 31 heavy (non-hydrogen) atoms. The van der Waals surface area contributed by atoms with E-state index >= 15 is 0 Å². The largest absolute Gasteiger partial charge is 0.464 e. The van der Waals surface area contributed by atoms with E-state index in [2.05, 4.69) is 12.2 Å². The molecule has 1 N–H and O–H groups in total. The molecule has 1 amide bonds. The lowest BCUT2D eigenvalue weighted by Gasteiger charge is -2.13. The second-order valence-electron chi connectivity index (χ2n) is 8.47. The fraction of sp³-hybridized carbons (Fsp3) is 0.692. The van der Waals surface area contributed by atoms with Crippen molar-refractivity contribution in [3.05, 3.63) is 35.6 Å². The molecule has 0 fully saturated rings. The predicted molar refractivity (Wildman–Crippen MR) is 125 cm³/mol. The van der Waals surface area contributed by atoms with Gasteiger partial charge in [-0.15, -0.1) is 0 Å². The Labute approximate surface area is 188 Å². The summed E-state index contributed by atoms with van der Waals surface area (Å²) in [4.78, 5) is 24.0. The number of esters is 1. The number of ether oxygens (including phenoxy) is 1. The molecule has 0 saturated heterocycles. The lowest BCUT2D eigenvalue weighted by atomic mass is 10.0. The van der Waals surface area contributed by atoms with E-state index in [1.807, 2.05) is 0 Å². The molecule has 0 bridgehead atoms. The van der Waals surface area contributed by atoms with Crippen molar-refractivity contribution in [2.45, 2.75) is 110 Å². The fourth-order valence-corrected chi connectivity index (χ4v) is 3.53. The van der Waals surface area contributed by atoms with E-state index in [0.717, 1.165) is 12.8 Å². The molecule has 1 atom stereocenters. The van der Waals surface area contributed by atoms with Crippen LogP contribution in [-0.4, -0.2) is 24.5 Å². The van der Waals surface area contributed by atoms with Gasteiger partial charge >= 0.3 is 5.97 Å². The number of rotatable bonds is 18. The van der Waals surface area contributed by atoms with Gasteiger partial charge < -0.3 is 10.1 Å². The third-order valence-electron chi connectivity index (χ3n) is 5.55. The molecule has 4 nitrogen and oxygen atoms in total. The summed E-state index contributed by atoms with van der Waals surface area (Å²) >= 11 is 0. The Morgan fingerprint density at radius 2 is 1.26 bits per heavy atom. The number of hydrogen-bond donors (Lipinski definition) is 1. The molecule has 0 aliphatic rings. The average Bonchev–Trinajstić information content (AvgIpc) is 2.76. The van der Waals surface area contributed by atoms with Crippen molar-refractivity contribution in [1.29, 1.82) is 0 Å². The molecule has 1 rings (SSSR count). The molecule has 0 aliphatic heterocycles. The molecular weight excluding hydrogens is 393 g/mol. The molecule has 0 aliphatic carbocycles. The summed E-state index contributed by atoms with van der Waals surface area (Å²) in [6, 6.07) is 4.47. The molecule has 0 saturated carbocycles. The van der Waals surface area contributed by atoms with Crippen molar-refractivity contribution in [2.24, 2.45) is 0 Å². The summed E-state index contributed by atoms with van der Waals surface area (Å²) in [5.41, 5.74) is 0.313. The molecule has 0 heterocycles. The van der Waals surface area contributed by atoms with Crippen LogP contribution in [0.4, 0.5) is 4.39 Å². The van der Waals surface area contributed by atoms with Crippen molar-refractivity contribution < 1.29 is 18.7 Å². The van der Waals surface area contributed by atoms with Gasteiger partial charge in [-0.25, -0.2) is 9.18 Å². The first-order chi connectivity index (χ1) is 15.0. The SMILES string of the molecule is CCCCCCCCCCCCCCCCOC(=O)C(C)NC(=O)c1ccc(F)cc1. The van der Waals surface area contributed by atoms with Crippen LogP contribution in [0, 0.1) is 5.82 Å². The maximum atomic E-state index is 12.9. The zero-order valence-corrected chi connectivity index (χ0v) is 19.6. The predicted octanol–water partition coefficient (Wildman–Crippen LogP) is 6.97. The highest BCUT2D eigenvalue weighted by atomic mass is 19.1. The number of amides is 1. The van der Waals surface area contributed by atoms with E-state index in [-0.39, 0.29) is 0 Å². The van der Waals surface area contributed by atoms with Crippen LogP contribution in [0.15, 0.2) is 24.3 Å². The minimum atomic E-state index is -0.732. The monoisotopic (exact) mass is 435 g/mol. The van der Waals surface area contributed by atoms with Crippen LogP contribution >= 0.6 is 0 Å². The fourth-order valence-electron chi connectivity index (χ4n) is 3.53. The van der Waals surface area contributed by atoms with Gasteiger partial charge in [-0.05, 0) is 37.6 Å². The maximum Gasteiger partial charge on any atom is 0.328 e. The zero-order chi connectivity index (χ0) is 22.7. The smallest absolute Gasteiger partial charge is 0.328 e. The Kier molecular flexibility index (Phi) is 15.5. The van der Waals surface area contributed by atoms with Crippen LogP contribution in [0.5, 0.6) is 0 Å². The van der Waals surface area contributed by atoms with E-state index < -0.39 is 23.7 Å². The third kappa shape index (κ3) is 13.9. The Bertz CT molecular complexity index is 603. The van der Waals surface area contributed by atoms with Crippen molar-refractivity contribution in [2.75, 3.05) is 6.61 Å². The van der Waals surface area contributed by atoms with Crippen molar-refractivity contribution in [3.63, 3.8) is 0 Å². The van der Waals surface area contributed by atoms with E-state index in [1.54, 1.807) is 6.92 Å². The summed E-state index contributed by atoms with van der Waals surface area (Å²) in [5, 5.41) is 2.58. The van der Waals surface area contributed by atoms with Crippen LogP contribution in [-0.2, 0) is 9.53 Å². The summed E-state index contributed by atoms with van der Waals surface area (Å²) in [7, 11) is 0. The molecule has 0 spiro atoms. The minimum Gasteiger partial charge on any atom is -0.464 e. The molecule has 0 radical (unpaired) electrons. The number of halogens is 1. The Morgan fingerprint density at radius 1 is 0.806 bits per heavy atom. The molecule has 1 unspecified atom stereocenters. The van der Waals surface area contributed by atoms with Gasteiger partial charge in [-0.2, -0.15) is 0 Å². The number of carbonyl (C=O) groups excluding carboxylic acids is 2. The first kappa shape index (κ1) is 27.1. The van der Waals surface area contributed by atoms with E-state index in [1.165, 1.54) is 101 Å². The molecule has 176 valence electrons. The van der Waals surface area contributed by atoms with Gasteiger partial charge in [-0.1, -0.05) is 90.4 Å². The van der Waals surface area contributed by atoms with Gasteiger partial charge in [-0.3, -0.25) is 4.79 Å². The molecule has 1 aromatic rings. The Morgan fingerprint density at radius 3 is 1.74 bits per heavy atom. The highest BCUT2D eigenvalue weighted by Gasteiger charge is 2.17. The van der Waals surface area contributed by atoms with Crippen LogP contribution < -0.4 is 5.32 Å². The van der Waals surface area contributed by atoms with Crippen molar-refractivity contribution in [1.82, 2.24) is 5.32 Å². The number of nitrogens with one attached hydrogen (secondary N) is 1. The summed E-state index contributed by atoms with van der Waals surface area (Å²) in [6.45, 7) is 4.23. The Balaban J connectivity index is 1.94. The zero-order valence-electron chi connectivity index (χ0n) is 19.6. The Hall–Kier alpha value is -1.91. The first-order valence-corrected chi connectivity index (χ1v) is 12.3. The molecule has 5 heteroatoms. The van der Waals surface area contributed by atoms with Crippen molar-refractivity contribution >= 4 is 11.9 Å². The van der Waals surface area contributed by atoms with Crippen molar-refractivity contribution in [3.8, 4) is 0 Å². The summed E-state index contributed by atoms with van der Waals surface area (Å²) in [6.07, 6.45) is 18.0. The van der Waals surface area contributed by atoms with Crippen LogP contribution in [0.1, 0.15) is 114 Å². The normalized spacial score (nSPS) is 11.8. The van der Waals surface area contributed by atoms with Gasteiger partial charge in [0.25, 0.3) is 5.91 Å². The van der Waals surface area contributed by atoms with Gasteiger partial charge in [0.2, 0.25) is 0 Å². The molecule has 1 aromatic carbocycles. The molecule has 0 aromatic heterocycles. The minimum absolute atomic E-state index is 0.313. The lowest BCUT2D eigenvalue weighted by molar-refractivity contribution is -0.145.